The highest BCUT2D eigenvalue weighted by molar-refractivity contribution is 5.94. The number of hydrogen-bond donors (Lipinski definition) is 2. The van der Waals surface area contributed by atoms with Gasteiger partial charge in [0.25, 0.3) is 5.91 Å². The molecule has 0 radical (unpaired) electrons. The minimum atomic E-state index is -0.113. The zero-order chi connectivity index (χ0) is 18.6. The average Bonchev–Trinajstić information content (AvgIpc) is 2.72. The highest BCUT2D eigenvalue weighted by Gasteiger charge is 2.17. The van der Waals surface area contributed by atoms with Crippen LogP contribution in [0.2, 0.25) is 0 Å². The number of quaternary nitrogens is 1. The average molecular weight is 368 g/mol. The Morgan fingerprint density at radius 1 is 1.04 bits per heavy atom. The number of amides is 1. The van der Waals surface area contributed by atoms with E-state index in [4.69, 9.17) is 9.47 Å². The van der Waals surface area contributed by atoms with Crippen LogP contribution in [-0.2, 0) is 6.54 Å². The number of fused-ring (bicyclic) bond motifs is 1. The largest absolute Gasteiger partial charge is 0.486 e. The molecule has 142 valence electrons. The molecule has 2 aliphatic heterocycles. The van der Waals surface area contributed by atoms with E-state index in [2.05, 4.69) is 41.5 Å². The monoisotopic (exact) mass is 368 g/mol. The van der Waals surface area contributed by atoms with Crippen molar-refractivity contribution in [2.75, 3.05) is 51.3 Å². The molecule has 0 spiro atoms. The van der Waals surface area contributed by atoms with Crippen molar-refractivity contribution in [1.29, 1.82) is 0 Å². The summed E-state index contributed by atoms with van der Waals surface area (Å²) in [6, 6.07) is 13.8. The second-order valence-electron chi connectivity index (χ2n) is 7.15. The lowest BCUT2D eigenvalue weighted by Crippen LogP contribution is -3.12. The van der Waals surface area contributed by atoms with Crippen molar-refractivity contribution in [2.24, 2.45) is 0 Å². The zero-order valence-corrected chi connectivity index (χ0v) is 15.7. The summed E-state index contributed by atoms with van der Waals surface area (Å²) in [5.41, 5.74) is 2.92. The van der Waals surface area contributed by atoms with Crippen molar-refractivity contribution in [2.45, 2.75) is 6.54 Å². The Morgan fingerprint density at radius 3 is 2.48 bits per heavy atom. The molecule has 4 rings (SSSR count). The molecule has 0 unspecified atom stereocenters. The van der Waals surface area contributed by atoms with Gasteiger partial charge in [0, 0.05) is 17.8 Å². The molecule has 6 heteroatoms. The fourth-order valence-electron chi connectivity index (χ4n) is 3.44. The summed E-state index contributed by atoms with van der Waals surface area (Å²) < 4.78 is 11.0. The van der Waals surface area contributed by atoms with Gasteiger partial charge in [-0.25, -0.2) is 0 Å². The van der Waals surface area contributed by atoms with Crippen molar-refractivity contribution < 1.29 is 19.2 Å². The van der Waals surface area contributed by atoms with Crippen molar-refractivity contribution >= 4 is 11.6 Å². The quantitative estimate of drug-likeness (QED) is 0.835. The Bertz CT molecular complexity index is 799. The maximum Gasteiger partial charge on any atom is 0.251 e. The Hall–Kier alpha value is -2.73. The number of carbonyl (C=O) groups is 1. The van der Waals surface area contributed by atoms with E-state index in [9.17, 15) is 4.79 Å². The molecule has 6 nitrogen and oxygen atoms in total. The fourth-order valence-corrected chi connectivity index (χ4v) is 3.44. The predicted octanol–water partition coefficient (Wildman–Crippen LogP) is 0.723. The van der Waals surface area contributed by atoms with E-state index in [0.717, 1.165) is 18.7 Å². The molecule has 2 heterocycles. The van der Waals surface area contributed by atoms with Gasteiger partial charge >= 0.3 is 0 Å². The summed E-state index contributed by atoms with van der Waals surface area (Å²) in [6.45, 7) is 6.09. The standard InChI is InChI=1S/C21H25N3O3/c1-23-8-10-24(11-9-23)18-5-2-16(3-6-18)15-22-21(25)17-4-7-19-20(14-17)27-13-12-26-19/h2-7,14H,8-13,15H2,1H3,(H,22,25)/p+1. The maximum atomic E-state index is 12.4. The van der Waals surface area contributed by atoms with Crippen molar-refractivity contribution in [3.63, 3.8) is 0 Å². The molecule has 27 heavy (non-hydrogen) atoms. The van der Waals surface area contributed by atoms with E-state index in [-0.39, 0.29) is 5.91 Å². The molecule has 2 aromatic rings. The van der Waals surface area contributed by atoms with Crippen LogP contribution in [0.15, 0.2) is 42.5 Å². The molecule has 0 bridgehead atoms. The number of hydrogen-bond acceptors (Lipinski definition) is 4. The van der Waals surface area contributed by atoms with E-state index < -0.39 is 0 Å². The second kappa shape index (κ2) is 7.88. The number of nitrogens with zero attached hydrogens (tertiary/aromatic N) is 1. The normalized spacial score (nSPS) is 16.9. The Balaban J connectivity index is 1.34. The molecule has 2 aliphatic rings. The first-order valence-electron chi connectivity index (χ1n) is 9.52. The van der Waals surface area contributed by atoms with Gasteiger partial charge in [-0.05, 0) is 35.9 Å². The summed E-state index contributed by atoms with van der Waals surface area (Å²) in [5.74, 6) is 1.21. The lowest BCUT2D eigenvalue weighted by molar-refractivity contribution is -0.880. The molecule has 0 aromatic heterocycles. The molecular weight excluding hydrogens is 342 g/mol. The molecule has 2 N–H and O–H groups in total. The van der Waals surface area contributed by atoms with Crippen LogP contribution in [-0.4, -0.2) is 52.3 Å². The number of ether oxygens (including phenoxy) is 2. The number of anilines is 1. The van der Waals surface area contributed by atoms with E-state index in [1.165, 1.54) is 18.8 Å². The van der Waals surface area contributed by atoms with E-state index in [0.29, 0.717) is 36.8 Å². The number of likely N-dealkylation sites (N-methyl/N-ethyl adjacent to an activating group) is 1. The summed E-state index contributed by atoms with van der Waals surface area (Å²) in [5, 5.41) is 2.97. The van der Waals surface area contributed by atoms with Gasteiger partial charge in [0.05, 0.1) is 33.2 Å². The van der Waals surface area contributed by atoms with Gasteiger partial charge < -0.3 is 24.6 Å². The van der Waals surface area contributed by atoms with E-state index in [1.54, 1.807) is 23.1 Å². The van der Waals surface area contributed by atoms with Crippen molar-refractivity contribution in [3.8, 4) is 11.5 Å². The molecule has 2 aromatic carbocycles. The summed E-state index contributed by atoms with van der Waals surface area (Å²) in [4.78, 5) is 16.4. The highest BCUT2D eigenvalue weighted by Crippen LogP contribution is 2.30. The summed E-state index contributed by atoms with van der Waals surface area (Å²) in [7, 11) is 2.24. The smallest absolute Gasteiger partial charge is 0.251 e. The molecule has 1 saturated heterocycles. The number of benzene rings is 2. The number of nitrogens with one attached hydrogen (secondary N) is 2. The van der Waals surface area contributed by atoms with Crippen LogP contribution in [0, 0.1) is 0 Å². The third-order valence-electron chi connectivity index (χ3n) is 5.18. The third kappa shape index (κ3) is 4.17. The van der Waals surface area contributed by atoms with Crippen LogP contribution in [0.4, 0.5) is 5.69 Å². The van der Waals surface area contributed by atoms with Crippen LogP contribution in [0.5, 0.6) is 11.5 Å². The molecule has 0 aliphatic carbocycles. The van der Waals surface area contributed by atoms with Crippen molar-refractivity contribution in [3.05, 3.63) is 53.6 Å². The predicted molar refractivity (Wildman–Crippen MR) is 104 cm³/mol. The van der Waals surface area contributed by atoms with Gasteiger partial charge in [-0.3, -0.25) is 4.79 Å². The SMILES string of the molecule is C[NH+]1CCN(c2ccc(CNC(=O)c3ccc4c(c3)OCCO4)cc2)CC1. The molecule has 0 saturated carbocycles. The van der Waals surface area contributed by atoms with Gasteiger partial charge in [0.1, 0.15) is 13.2 Å². The summed E-state index contributed by atoms with van der Waals surface area (Å²) >= 11 is 0. The topological polar surface area (TPSA) is 55.2 Å². The first-order chi connectivity index (χ1) is 13.2. The number of carbonyl (C=O) groups excluding carboxylic acids is 1. The molecular formula is C21H26N3O3+. The lowest BCUT2D eigenvalue weighted by Gasteiger charge is -2.31. The number of rotatable bonds is 4. The van der Waals surface area contributed by atoms with Gasteiger partial charge in [-0.2, -0.15) is 0 Å². The second-order valence-corrected chi connectivity index (χ2v) is 7.15. The highest BCUT2D eigenvalue weighted by atomic mass is 16.6. The van der Waals surface area contributed by atoms with Crippen LogP contribution < -0.4 is 24.6 Å². The molecule has 1 amide bonds. The zero-order valence-electron chi connectivity index (χ0n) is 15.7. The van der Waals surface area contributed by atoms with Crippen LogP contribution in [0.3, 0.4) is 0 Å². The van der Waals surface area contributed by atoms with Crippen molar-refractivity contribution in [1.82, 2.24) is 5.32 Å². The minimum Gasteiger partial charge on any atom is -0.486 e. The van der Waals surface area contributed by atoms with E-state index in [1.807, 2.05) is 0 Å². The number of piperazine rings is 1. The lowest BCUT2D eigenvalue weighted by atomic mass is 10.1. The molecule has 1 fully saturated rings. The van der Waals surface area contributed by atoms with Gasteiger partial charge in [-0.1, -0.05) is 12.1 Å². The fraction of sp³-hybridized carbons (Fsp3) is 0.381. The Morgan fingerprint density at radius 2 is 1.74 bits per heavy atom. The molecule has 0 atom stereocenters. The third-order valence-corrected chi connectivity index (χ3v) is 5.18. The van der Waals surface area contributed by atoms with Crippen LogP contribution >= 0.6 is 0 Å². The van der Waals surface area contributed by atoms with E-state index >= 15 is 0 Å². The van der Waals surface area contributed by atoms with Gasteiger partial charge in [-0.15, -0.1) is 0 Å². The van der Waals surface area contributed by atoms with Gasteiger partial charge in [0.15, 0.2) is 11.5 Å². The maximum absolute atomic E-state index is 12.4. The first-order valence-corrected chi connectivity index (χ1v) is 9.52. The van der Waals surface area contributed by atoms with Crippen LogP contribution in [0.1, 0.15) is 15.9 Å². The first kappa shape index (κ1) is 17.7. The van der Waals surface area contributed by atoms with Crippen LogP contribution in [0.25, 0.3) is 0 Å². The Kier molecular flexibility index (Phi) is 5.16. The Labute approximate surface area is 159 Å². The minimum absolute atomic E-state index is 0.113. The van der Waals surface area contributed by atoms with Gasteiger partial charge in [0.2, 0.25) is 0 Å². The summed E-state index contributed by atoms with van der Waals surface area (Å²) in [6.07, 6.45) is 0.